The molecule has 3 rings (SSSR count). The van der Waals surface area contributed by atoms with E-state index in [1.54, 1.807) is 0 Å². The lowest BCUT2D eigenvalue weighted by atomic mass is 9.98. The van der Waals surface area contributed by atoms with Gasteiger partial charge >= 0.3 is 0 Å². The van der Waals surface area contributed by atoms with Gasteiger partial charge in [0.15, 0.2) is 0 Å². The van der Waals surface area contributed by atoms with Crippen molar-refractivity contribution in [3.8, 4) is 0 Å². The Kier molecular flexibility index (Phi) is 3.66. The van der Waals surface area contributed by atoms with Crippen LogP contribution >= 0.6 is 0 Å². The molecular formula is C14H19N3O2. The molecular weight excluding hydrogens is 242 g/mol. The molecule has 5 heteroatoms. The summed E-state index contributed by atoms with van der Waals surface area (Å²) in [4.78, 5) is 12.1. The normalized spacial score (nSPS) is 22.6. The minimum atomic E-state index is 0.0883. The van der Waals surface area contributed by atoms with E-state index in [4.69, 9.17) is 4.74 Å². The van der Waals surface area contributed by atoms with E-state index in [0.717, 1.165) is 25.3 Å². The van der Waals surface area contributed by atoms with E-state index in [2.05, 4.69) is 22.9 Å². The molecule has 0 bridgehead atoms. The molecule has 0 aromatic heterocycles. The Morgan fingerprint density at radius 2 is 2.16 bits per heavy atom. The molecule has 2 heterocycles. The summed E-state index contributed by atoms with van der Waals surface area (Å²) in [7, 11) is 0. The van der Waals surface area contributed by atoms with Gasteiger partial charge in [0.2, 0.25) is 5.91 Å². The van der Waals surface area contributed by atoms with Crippen molar-refractivity contribution in [2.45, 2.75) is 12.3 Å². The zero-order valence-corrected chi connectivity index (χ0v) is 10.9. The van der Waals surface area contributed by atoms with E-state index in [1.807, 2.05) is 17.1 Å². The number of hydrogen-bond acceptors (Lipinski definition) is 4. The summed E-state index contributed by atoms with van der Waals surface area (Å²) in [6.07, 6.45) is 0.529. The van der Waals surface area contributed by atoms with E-state index in [9.17, 15) is 4.79 Å². The number of hydrazine groups is 1. The van der Waals surface area contributed by atoms with E-state index in [-0.39, 0.29) is 11.8 Å². The summed E-state index contributed by atoms with van der Waals surface area (Å²) in [5, 5.41) is 5.29. The molecule has 0 saturated carbocycles. The van der Waals surface area contributed by atoms with E-state index in [1.165, 1.54) is 5.56 Å². The van der Waals surface area contributed by atoms with Crippen molar-refractivity contribution in [1.29, 1.82) is 0 Å². The Labute approximate surface area is 112 Å². The molecule has 1 unspecified atom stereocenters. The highest BCUT2D eigenvalue weighted by atomic mass is 16.5. The largest absolute Gasteiger partial charge is 0.384 e. The second-order valence-corrected chi connectivity index (χ2v) is 5.00. The van der Waals surface area contributed by atoms with E-state index < -0.39 is 0 Å². The summed E-state index contributed by atoms with van der Waals surface area (Å²) in [5.74, 6) is 0.364. The Bertz CT molecular complexity index is 458. The number of nitrogens with zero attached hydrogens (tertiary/aromatic N) is 1. The number of rotatable bonds is 3. The van der Waals surface area contributed by atoms with Crippen LogP contribution in [0.25, 0.3) is 0 Å². The van der Waals surface area contributed by atoms with Crippen LogP contribution in [0.1, 0.15) is 17.9 Å². The molecule has 0 aliphatic carbocycles. The first-order valence-electron chi connectivity index (χ1n) is 6.78. The van der Waals surface area contributed by atoms with Crippen molar-refractivity contribution >= 4 is 11.6 Å². The molecule has 0 spiro atoms. The quantitative estimate of drug-likeness (QED) is 0.850. The van der Waals surface area contributed by atoms with Gasteiger partial charge in [-0.3, -0.25) is 10.2 Å². The monoisotopic (exact) mass is 261 g/mol. The van der Waals surface area contributed by atoms with Crippen LogP contribution in [0, 0.1) is 0 Å². The Balaban J connectivity index is 1.55. The van der Waals surface area contributed by atoms with Crippen molar-refractivity contribution in [3.63, 3.8) is 0 Å². The van der Waals surface area contributed by atoms with Gasteiger partial charge in [-0.05, 0) is 11.6 Å². The highest BCUT2D eigenvalue weighted by Gasteiger charge is 2.24. The minimum Gasteiger partial charge on any atom is -0.384 e. The maximum atomic E-state index is 12.1. The summed E-state index contributed by atoms with van der Waals surface area (Å²) < 4.78 is 5.26. The van der Waals surface area contributed by atoms with Gasteiger partial charge in [0, 0.05) is 37.7 Å². The molecule has 1 amide bonds. The molecule has 1 aromatic carbocycles. The number of anilines is 1. The lowest BCUT2D eigenvalue weighted by molar-refractivity contribution is -0.128. The zero-order chi connectivity index (χ0) is 13.1. The van der Waals surface area contributed by atoms with Crippen molar-refractivity contribution < 1.29 is 9.53 Å². The maximum absolute atomic E-state index is 12.1. The Morgan fingerprint density at radius 3 is 3.00 bits per heavy atom. The minimum absolute atomic E-state index is 0.0883. The maximum Gasteiger partial charge on any atom is 0.234 e. The second-order valence-electron chi connectivity index (χ2n) is 5.00. The molecule has 2 aliphatic rings. The van der Waals surface area contributed by atoms with Gasteiger partial charge in [0.05, 0.1) is 13.2 Å². The lowest BCUT2D eigenvalue weighted by Crippen LogP contribution is -2.48. The van der Waals surface area contributed by atoms with Crippen LogP contribution in [0.5, 0.6) is 0 Å². The van der Waals surface area contributed by atoms with Crippen molar-refractivity contribution in [1.82, 2.24) is 10.4 Å². The highest BCUT2D eigenvalue weighted by molar-refractivity contribution is 5.77. The van der Waals surface area contributed by atoms with Gasteiger partial charge in [-0.1, -0.05) is 18.2 Å². The van der Waals surface area contributed by atoms with Crippen molar-refractivity contribution in [3.05, 3.63) is 29.8 Å². The van der Waals surface area contributed by atoms with Crippen LogP contribution in [0.2, 0.25) is 0 Å². The number of amides is 1. The first kappa shape index (κ1) is 12.4. The molecule has 1 saturated heterocycles. The third kappa shape index (κ3) is 2.88. The molecule has 19 heavy (non-hydrogen) atoms. The molecule has 2 N–H and O–H groups in total. The third-order valence-electron chi connectivity index (χ3n) is 3.67. The van der Waals surface area contributed by atoms with Gasteiger partial charge in [-0.25, -0.2) is 5.01 Å². The highest BCUT2D eigenvalue weighted by Crippen LogP contribution is 2.32. The van der Waals surface area contributed by atoms with Gasteiger partial charge in [0.1, 0.15) is 0 Å². The van der Waals surface area contributed by atoms with Gasteiger partial charge in [-0.15, -0.1) is 0 Å². The van der Waals surface area contributed by atoms with Crippen LogP contribution in [-0.2, 0) is 9.53 Å². The van der Waals surface area contributed by atoms with Crippen molar-refractivity contribution in [2.75, 3.05) is 38.2 Å². The molecule has 0 radical (unpaired) electrons. The topological polar surface area (TPSA) is 53.6 Å². The summed E-state index contributed by atoms with van der Waals surface area (Å²) in [6.45, 7) is 3.76. The molecule has 102 valence electrons. The number of carbonyl (C=O) groups is 1. The Morgan fingerprint density at radius 1 is 1.37 bits per heavy atom. The lowest BCUT2D eigenvalue weighted by Gasteiger charge is -2.27. The van der Waals surface area contributed by atoms with Crippen LogP contribution in [0.3, 0.4) is 0 Å². The van der Waals surface area contributed by atoms with Gasteiger partial charge in [-0.2, -0.15) is 0 Å². The number of carbonyl (C=O) groups excluding carboxylic acids is 1. The predicted molar refractivity (Wildman–Crippen MR) is 72.8 cm³/mol. The van der Waals surface area contributed by atoms with Gasteiger partial charge in [0.25, 0.3) is 0 Å². The number of benzene rings is 1. The number of hydrogen-bond donors (Lipinski definition) is 2. The molecule has 1 atom stereocenters. The molecule has 5 nitrogen and oxygen atoms in total. The van der Waals surface area contributed by atoms with Crippen LogP contribution < -0.4 is 10.7 Å². The fourth-order valence-corrected chi connectivity index (χ4v) is 2.66. The fourth-order valence-electron chi connectivity index (χ4n) is 2.66. The first-order chi connectivity index (χ1) is 9.33. The van der Waals surface area contributed by atoms with Crippen LogP contribution in [0.4, 0.5) is 5.69 Å². The van der Waals surface area contributed by atoms with Crippen molar-refractivity contribution in [2.24, 2.45) is 0 Å². The molecule has 1 aromatic rings. The first-order valence-corrected chi connectivity index (χ1v) is 6.78. The average Bonchev–Trinajstić information content (AvgIpc) is 2.83. The zero-order valence-electron chi connectivity index (χ0n) is 10.9. The fraction of sp³-hybridized carbons (Fsp3) is 0.500. The summed E-state index contributed by atoms with van der Waals surface area (Å²) >= 11 is 0. The van der Waals surface area contributed by atoms with Gasteiger partial charge < -0.3 is 10.1 Å². The standard InChI is InChI=1S/C14H19N3O2/c18-14(16-17-5-7-19-8-6-17)9-11-10-15-13-4-2-1-3-12(11)13/h1-4,11,15H,5-10H2,(H,16,18). The smallest absolute Gasteiger partial charge is 0.234 e. The SMILES string of the molecule is O=C(CC1CNc2ccccc21)NN1CCOCC1. The Hall–Kier alpha value is -1.59. The predicted octanol–water partition coefficient (Wildman–Crippen LogP) is 0.949. The summed E-state index contributed by atoms with van der Waals surface area (Å²) in [5.41, 5.74) is 5.37. The number of para-hydroxylation sites is 1. The van der Waals surface area contributed by atoms with E-state index >= 15 is 0 Å². The number of ether oxygens (including phenoxy) is 1. The summed E-state index contributed by atoms with van der Waals surface area (Å²) in [6, 6.07) is 8.21. The number of nitrogens with one attached hydrogen (secondary N) is 2. The number of morpholine rings is 1. The molecule has 1 fully saturated rings. The van der Waals surface area contributed by atoms with Crippen LogP contribution in [-0.4, -0.2) is 43.8 Å². The second kappa shape index (κ2) is 5.59. The molecule has 2 aliphatic heterocycles. The van der Waals surface area contributed by atoms with Crippen LogP contribution in [0.15, 0.2) is 24.3 Å². The third-order valence-corrected chi connectivity index (χ3v) is 3.67. The van der Waals surface area contributed by atoms with E-state index in [0.29, 0.717) is 19.6 Å². The number of fused-ring (bicyclic) bond motifs is 1. The average molecular weight is 261 g/mol.